The Balaban J connectivity index is 1.37. The molecule has 1 amide bonds. The maximum absolute atomic E-state index is 15.1. The molecular formula is C29H26F2N6O4. The minimum Gasteiger partial charge on any atom is -0.453 e. The number of H-pyrrole nitrogens is 1. The monoisotopic (exact) mass is 560 g/mol. The van der Waals surface area contributed by atoms with E-state index in [1.165, 1.54) is 53.2 Å². The third kappa shape index (κ3) is 5.92. The molecule has 0 saturated heterocycles. The van der Waals surface area contributed by atoms with Crippen molar-refractivity contribution >= 4 is 28.4 Å². The molecule has 0 fully saturated rings. The lowest BCUT2D eigenvalue weighted by Crippen LogP contribution is -2.28. The Kier molecular flexibility index (Phi) is 7.74. The Hall–Kier alpha value is -5.10. The number of halogens is 2. The Morgan fingerprint density at radius 3 is 2.61 bits per heavy atom. The van der Waals surface area contributed by atoms with Gasteiger partial charge in [0.05, 0.1) is 6.61 Å². The van der Waals surface area contributed by atoms with Crippen LogP contribution in [0.15, 0.2) is 71.8 Å². The van der Waals surface area contributed by atoms with Crippen molar-refractivity contribution in [2.24, 2.45) is 0 Å². The summed E-state index contributed by atoms with van der Waals surface area (Å²) in [6.07, 6.45) is 3.05. The average Bonchev–Trinajstić information content (AvgIpc) is 3.35. The smallest absolute Gasteiger partial charge is 0.267 e. The van der Waals surface area contributed by atoms with E-state index >= 15 is 4.39 Å². The number of amides is 1. The highest BCUT2D eigenvalue weighted by Crippen LogP contribution is 2.34. The molecule has 0 aliphatic carbocycles. The predicted molar refractivity (Wildman–Crippen MR) is 150 cm³/mol. The first-order chi connectivity index (χ1) is 19.7. The van der Waals surface area contributed by atoms with Crippen LogP contribution in [0.5, 0.6) is 11.5 Å². The number of carbonyl (C=O) groups is 1. The molecule has 0 saturated carbocycles. The van der Waals surface area contributed by atoms with Gasteiger partial charge in [-0.05, 0) is 61.9 Å². The Morgan fingerprint density at radius 1 is 1.10 bits per heavy atom. The molecule has 0 bridgehead atoms. The van der Waals surface area contributed by atoms with Gasteiger partial charge in [-0.25, -0.2) is 13.8 Å². The van der Waals surface area contributed by atoms with E-state index in [4.69, 9.17) is 9.47 Å². The first-order valence-corrected chi connectivity index (χ1v) is 12.6. The number of rotatable bonds is 9. The summed E-state index contributed by atoms with van der Waals surface area (Å²) in [5, 5.41) is 13.4. The second kappa shape index (κ2) is 11.6. The fraction of sp³-hybridized carbons (Fsp3) is 0.172. The number of aromatic nitrogens is 4. The zero-order valence-electron chi connectivity index (χ0n) is 22.4. The quantitative estimate of drug-likeness (QED) is 0.227. The van der Waals surface area contributed by atoms with Crippen molar-refractivity contribution in [3.05, 3.63) is 100 Å². The van der Waals surface area contributed by atoms with E-state index in [-0.39, 0.29) is 23.0 Å². The Labute approximate surface area is 233 Å². The molecule has 0 aliphatic rings. The van der Waals surface area contributed by atoms with Crippen molar-refractivity contribution in [1.29, 1.82) is 0 Å². The summed E-state index contributed by atoms with van der Waals surface area (Å²) < 4.78 is 40.8. The molecule has 0 radical (unpaired) electrons. The highest BCUT2D eigenvalue weighted by atomic mass is 19.1. The molecule has 1 atom stereocenters. The van der Waals surface area contributed by atoms with Gasteiger partial charge < -0.3 is 20.1 Å². The molecule has 3 N–H and O–H groups in total. The van der Waals surface area contributed by atoms with Crippen LogP contribution in [-0.2, 0) is 4.74 Å². The van der Waals surface area contributed by atoms with E-state index in [0.717, 1.165) is 6.07 Å². The maximum atomic E-state index is 15.1. The number of benzene rings is 2. The SMILES string of the molecule is COC[C@H](C)Nc1n[nH]c2nccc(Oc3ccc(NC(=O)c4cc(C)cn(-c5ccc(F)cc5)c4=O)cc3F)c12. The second-order valence-corrected chi connectivity index (χ2v) is 9.39. The number of hydrogen-bond acceptors (Lipinski definition) is 7. The minimum atomic E-state index is -0.744. The summed E-state index contributed by atoms with van der Waals surface area (Å²) >= 11 is 0. The topological polar surface area (TPSA) is 123 Å². The highest BCUT2D eigenvalue weighted by molar-refractivity contribution is 6.04. The molecule has 5 aromatic rings. The normalized spacial score (nSPS) is 11.8. The molecule has 0 aliphatic heterocycles. The van der Waals surface area contributed by atoms with E-state index in [1.807, 2.05) is 6.92 Å². The number of ether oxygens (including phenoxy) is 2. The number of anilines is 2. The summed E-state index contributed by atoms with van der Waals surface area (Å²) in [7, 11) is 1.59. The fourth-order valence-electron chi connectivity index (χ4n) is 4.29. The van der Waals surface area contributed by atoms with Crippen molar-refractivity contribution in [2.45, 2.75) is 19.9 Å². The van der Waals surface area contributed by atoms with Crippen LogP contribution in [0.1, 0.15) is 22.8 Å². The molecule has 3 aromatic heterocycles. The van der Waals surface area contributed by atoms with Crippen LogP contribution in [0.2, 0.25) is 0 Å². The fourth-order valence-corrected chi connectivity index (χ4v) is 4.29. The molecule has 10 nitrogen and oxygen atoms in total. The van der Waals surface area contributed by atoms with Crippen LogP contribution < -0.4 is 20.9 Å². The van der Waals surface area contributed by atoms with E-state index in [2.05, 4.69) is 25.8 Å². The summed E-state index contributed by atoms with van der Waals surface area (Å²) in [4.78, 5) is 30.3. The van der Waals surface area contributed by atoms with Gasteiger partial charge in [0.1, 0.15) is 22.5 Å². The summed E-state index contributed by atoms with van der Waals surface area (Å²) in [5.74, 6) is -1.23. The number of hydrogen-bond donors (Lipinski definition) is 3. The summed E-state index contributed by atoms with van der Waals surface area (Å²) in [6.45, 7) is 4.08. The Morgan fingerprint density at radius 2 is 1.88 bits per heavy atom. The van der Waals surface area contributed by atoms with Crippen molar-refractivity contribution < 1.29 is 23.0 Å². The number of aryl methyl sites for hydroxylation is 1. The van der Waals surface area contributed by atoms with Crippen LogP contribution in [0.4, 0.5) is 20.3 Å². The van der Waals surface area contributed by atoms with Crippen LogP contribution in [0, 0.1) is 18.6 Å². The molecule has 41 heavy (non-hydrogen) atoms. The number of nitrogens with one attached hydrogen (secondary N) is 3. The molecule has 3 heterocycles. The zero-order valence-corrected chi connectivity index (χ0v) is 22.4. The van der Waals surface area contributed by atoms with Gasteiger partial charge in [0.2, 0.25) is 0 Å². The van der Waals surface area contributed by atoms with Crippen molar-refractivity contribution in [3.8, 4) is 17.2 Å². The third-order valence-corrected chi connectivity index (χ3v) is 6.14. The molecule has 12 heteroatoms. The van der Waals surface area contributed by atoms with Gasteiger partial charge in [-0.3, -0.25) is 19.3 Å². The van der Waals surface area contributed by atoms with Gasteiger partial charge in [0, 0.05) is 49.1 Å². The van der Waals surface area contributed by atoms with Crippen LogP contribution in [0.3, 0.4) is 0 Å². The second-order valence-electron chi connectivity index (χ2n) is 9.39. The predicted octanol–water partition coefficient (Wildman–Crippen LogP) is 5.19. The standard InChI is InChI=1S/C29H26F2N6O4/c1-16-12-21(29(39)37(14-16)20-7-4-18(30)5-8-20)28(38)34-19-6-9-23(22(31)13-19)41-24-10-11-32-26-25(24)27(36-35-26)33-17(2)15-40-3/h4-14,17H,15H2,1-3H3,(H,34,38)(H2,32,33,35,36)/t17-/m0/s1. The lowest BCUT2D eigenvalue weighted by atomic mass is 10.1. The molecule has 2 aromatic carbocycles. The van der Waals surface area contributed by atoms with E-state index < -0.39 is 23.1 Å². The molecular weight excluding hydrogens is 534 g/mol. The number of nitrogens with zero attached hydrogens (tertiary/aromatic N) is 3. The van der Waals surface area contributed by atoms with E-state index in [0.29, 0.717) is 40.5 Å². The number of methoxy groups -OCH3 is 1. The Bertz CT molecular complexity index is 1790. The third-order valence-electron chi connectivity index (χ3n) is 6.14. The van der Waals surface area contributed by atoms with Gasteiger partial charge in [0.15, 0.2) is 23.0 Å². The number of carbonyl (C=O) groups excluding carboxylic acids is 1. The molecule has 210 valence electrons. The molecule has 0 spiro atoms. The molecule has 0 unspecified atom stereocenters. The van der Waals surface area contributed by atoms with Crippen LogP contribution in [0.25, 0.3) is 16.7 Å². The number of pyridine rings is 2. The average molecular weight is 561 g/mol. The summed E-state index contributed by atoms with van der Waals surface area (Å²) in [6, 6.07) is 12.2. The van der Waals surface area contributed by atoms with Gasteiger partial charge in [-0.15, -0.1) is 0 Å². The first kappa shape index (κ1) is 27.5. The number of fused-ring (bicyclic) bond motifs is 1. The van der Waals surface area contributed by atoms with E-state index in [9.17, 15) is 14.0 Å². The summed E-state index contributed by atoms with van der Waals surface area (Å²) in [5.41, 5.74) is 0.831. The van der Waals surface area contributed by atoms with Crippen LogP contribution >= 0.6 is 0 Å². The highest BCUT2D eigenvalue weighted by Gasteiger charge is 2.18. The van der Waals surface area contributed by atoms with Gasteiger partial charge in [-0.1, -0.05) is 0 Å². The maximum Gasteiger partial charge on any atom is 0.267 e. The lowest BCUT2D eigenvalue weighted by molar-refractivity contribution is 0.102. The van der Waals surface area contributed by atoms with Crippen molar-refractivity contribution in [3.63, 3.8) is 0 Å². The van der Waals surface area contributed by atoms with Crippen molar-refractivity contribution in [1.82, 2.24) is 19.7 Å². The van der Waals surface area contributed by atoms with E-state index in [1.54, 1.807) is 26.3 Å². The minimum absolute atomic E-state index is 0.0626. The lowest BCUT2D eigenvalue weighted by Gasteiger charge is -2.14. The molecule has 5 rings (SSSR count). The van der Waals surface area contributed by atoms with Crippen LogP contribution in [-0.4, -0.2) is 45.4 Å². The largest absolute Gasteiger partial charge is 0.453 e. The van der Waals surface area contributed by atoms with Crippen molar-refractivity contribution in [2.75, 3.05) is 24.4 Å². The van der Waals surface area contributed by atoms with Gasteiger partial charge in [-0.2, -0.15) is 5.10 Å². The van der Waals surface area contributed by atoms with Gasteiger partial charge >= 0.3 is 0 Å². The zero-order chi connectivity index (χ0) is 29.1. The first-order valence-electron chi connectivity index (χ1n) is 12.6. The number of aromatic amines is 1. The van der Waals surface area contributed by atoms with Gasteiger partial charge in [0.25, 0.3) is 11.5 Å².